The largest absolute Gasteiger partial charge is 0.310 e. The monoisotopic (exact) mass is 940 g/mol. The summed E-state index contributed by atoms with van der Waals surface area (Å²) in [5.41, 5.74) is 13.8. The Morgan fingerprint density at radius 3 is 1.15 bits per heavy atom. The molecule has 0 fully saturated rings. The fourth-order valence-corrected chi connectivity index (χ4v) is 11.6. The van der Waals surface area contributed by atoms with Crippen LogP contribution in [0.3, 0.4) is 0 Å². The van der Waals surface area contributed by atoms with Gasteiger partial charge in [0.05, 0.1) is 11.4 Å². The van der Waals surface area contributed by atoms with Crippen LogP contribution >= 0.6 is 0 Å². The first-order valence-electron chi connectivity index (χ1n) is 25.5. The lowest BCUT2D eigenvalue weighted by atomic mass is 9.84. The Morgan fingerprint density at radius 2 is 0.595 bits per heavy atom. The summed E-state index contributed by atoms with van der Waals surface area (Å²) >= 11 is 0. The highest BCUT2D eigenvalue weighted by atomic mass is 15.1. The topological polar surface area (TPSA) is 6.48 Å². The summed E-state index contributed by atoms with van der Waals surface area (Å²) in [4.78, 5) is 4.86. The van der Waals surface area contributed by atoms with Crippen LogP contribution in [0, 0.1) is 0 Å². The Kier molecular flexibility index (Phi) is 10.6. The second-order valence-electron chi connectivity index (χ2n) is 19.2. The number of hydrogen-bond acceptors (Lipinski definition) is 2. The molecule has 0 spiro atoms. The molecule has 0 aliphatic carbocycles. The lowest BCUT2D eigenvalue weighted by Gasteiger charge is -2.29. The predicted octanol–water partition coefficient (Wildman–Crippen LogP) is 20.5. The highest BCUT2D eigenvalue weighted by molar-refractivity contribution is 6.23. The van der Waals surface area contributed by atoms with Gasteiger partial charge in [0.15, 0.2) is 0 Å². The smallest absolute Gasteiger partial charge is 0.0540 e. The predicted molar refractivity (Wildman–Crippen MR) is 317 cm³/mol. The van der Waals surface area contributed by atoms with Crippen molar-refractivity contribution in [2.24, 2.45) is 0 Å². The molecule has 0 aliphatic rings. The molecule has 2 nitrogen and oxygen atoms in total. The van der Waals surface area contributed by atoms with E-state index >= 15 is 0 Å². The summed E-state index contributed by atoms with van der Waals surface area (Å²) in [5, 5.41) is 14.4. The molecule has 0 radical (unpaired) electrons. The molecule has 0 saturated carbocycles. The Bertz CT molecular complexity index is 4410. The standard InChI is InChI=1S/C72H48N2/c1-3-26-57(27-4-1)73(69-34-16-24-51-20-10-13-31-63(51)69)59-43-45-66-67(47-59)71(54-39-37-53(38-40-54)62-33-15-23-50-19-9-12-30-61(50)62)65-44-42-60(48-68(65)72(66)56-41-36-49-18-7-8-22-55(49)46-56)74(58-28-5-2-6-29-58)70-35-17-25-52-21-11-14-32-64(52)70/h1-48H. The highest BCUT2D eigenvalue weighted by Gasteiger charge is 2.24. The molecule has 0 aliphatic heterocycles. The van der Waals surface area contributed by atoms with E-state index in [0.29, 0.717) is 0 Å². The molecule has 14 aromatic rings. The van der Waals surface area contributed by atoms with E-state index in [1.54, 1.807) is 0 Å². The summed E-state index contributed by atoms with van der Waals surface area (Å²) in [6.45, 7) is 0. The highest BCUT2D eigenvalue weighted by Crippen LogP contribution is 2.50. The quantitative estimate of drug-likeness (QED) is 0.133. The third-order valence-electron chi connectivity index (χ3n) is 15.0. The second-order valence-corrected chi connectivity index (χ2v) is 19.2. The van der Waals surface area contributed by atoms with Crippen LogP contribution in [0.25, 0.3) is 98.0 Å². The van der Waals surface area contributed by atoms with Crippen molar-refractivity contribution in [3.63, 3.8) is 0 Å². The van der Waals surface area contributed by atoms with Gasteiger partial charge in [-0.1, -0.05) is 224 Å². The fraction of sp³-hybridized carbons (Fsp3) is 0. The van der Waals surface area contributed by atoms with Crippen molar-refractivity contribution in [2.45, 2.75) is 0 Å². The number of benzene rings is 14. The SMILES string of the molecule is c1ccc(N(c2ccc3c(-c4ccc5ccccc5c4)c4cc(N(c5ccccc5)c5cccc6ccccc56)ccc4c(-c4ccc(-c5cccc6ccccc56)cc4)c3c2)c2cccc3ccccc23)cc1. The average Bonchev–Trinajstić information content (AvgIpc) is 3.48. The van der Waals surface area contributed by atoms with Crippen molar-refractivity contribution in [1.29, 1.82) is 0 Å². The number of nitrogens with zero attached hydrogens (tertiary/aromatic N) is 2. The fourth-order valence-electron chi connectivity index (χ4n) is 11.6. The molecular weight excluding hydrogens is 893 g/mol. The third-order valence-corrected chi connectivity index (χ3v) is 15.0. The van der Waals surface area contributed by atoms with Crippen LogP contribution in [-0.2, 0) is 0 Å². The minimum absolute atomic E-state index is 1.08. The molecule has 0 unspecified atom stereocenters. The van der Waals surface area contributed by atoms with Crippen molar-refractivity contribution < 1.29 is 0 Å². The molecule has 346 valence electrons. The molecule has 74 heavy (non-hydrogen) atoms. The molecule has 14 aromatic carbocycles. The molecule has 14 rings (SSSR count). The Morgan fingerprint density at radius 1 is 0.189 bits per heavy atom. The van der Waals surface area contributed by atoms with Gasteiger partial charge in [0, 0.05) is 33.5 Å². The van der Waals surface area contributed by atoms with Gasteiger partial charge in [0.1, 0.15) is 0 Å². The number of para-hydroxylation sites is 2. The summed E-state index contributed by atoms with van der Waals surface area (Å²) in [7, 11) is 0. The Labute approximate surface area is 430 Å². The first kappa shape index (κ1) is 43.1. The third kappa shape index (κ3) is 7.43. The first-order chi connectivity index (χ1) is 36.7. The van der Waals surface area contributed by atoms with Gasteiger partial charge in [-0.05, 0) is 154 Å². The van der Waals surface area contributed by atoms with E-state index in [-0.39, 0.29) is 0 Å². The van der Waals surface area contributed by atoms with Crippen molar-refractivity contribution in [1.82, 2.24) is 0 Å². The van der Waals surface area contributed by atoms with Gasteiger partial charge in [-0.2, -0.15) is 0 Å². The summed E-state index contributed by atoms with van der Waals surface area (Å²) < 4.78 is 0. The minimum atomic E-state index is 1.08. The van der Waals surface area contributed by atoms with Crippen molar-refractivity contribution in [3.05, 3.63) is 291 Å². The van der Waals surface area contributed by atoms with E-state index in [1.807, 2.05) is 0 Å². The van der Waals surface area contributed by atoms with Crippen LogP contribution in [0.4, 0.5) is 34.1 Å². The minimum Gasteiger partial charge on any atom is -0.310 e. The number of fused-ring (bicyclic) bond motifs is 6. The molecular formula is C72H48N2. The molecule has 0 heterocycles. The number of hydrogen-bond donors (Lipinski definition) is 0. The normalized spacial score (nSPS) is 11.5. The van der Waals surface area contributed by atoms with E-state index < -0.39 is 0 Å². The van der Waals surface area contributed by atoms with E-state index in [9.17, 15) is 0 Å². The van der Waals surface area contributed by atoms with E-state index in [1.165, 1.54) is 92.5 Å². The maximum absolute atomic E-state index is 2.45. The molecule has 0 amide bonds. The zero-order chi connectivity index (χ0) is 49.0. The molecule has 0 N–H and O–H groups in total. The first-order valence-corrected chi connectivity index (χ1v) is 25.5. The lowest BCUT2D eigenvalue weighted by molar-refractivity contribution is 1.30. The van der Waals surface area contributed by atoms with Gasteiger partial charge < -0.3 is 9.80 Å². The number of rotatable bonds is 9. The van der Waals surface area contributed by atoms with Gasteiger partial charge in [0.25, 0.3) is 0 Å². The van der Waals surface area contributed by atoms with Gasteiger partial charge in [-0.25, -0.2) is 0 Å². The summed E-state index contributed by atoms with van der Waals surface area (Å²) in [5.74, 6) is 0. The van der Waals surface area contributed by atoms with Crippen LogP contribution < -0.4 is 9.80 Å². The van der Waals surface area contributed by atoms with Crippen LogP contribution in [0.5, 0.6) is 0 Å². The average molecular weight is 941 g/mol. The van der Waals surface area contributed by atoms with Gasteiger partial charge in [-0.15, -0.1) is 0 Å². The zero-order valence-corrected chi connectivity index (χ0v) is 40.6. The van der Waals surface area contributed by atoms with E-state index in [4.69, 9.17) is 0 Å². The van der Waals surface area contributed by atoms with E-state index in [0.717, 1.165) is 39.7 Å². The van der Waals surface area contributed by atoms with Crippen molar-refractivity contribution >= 4 is 98.8 Å². The van der Waals surface area contributed by atoms with Crippen LogP contribution in [-0.4, -0.2) is 0 Å². The molecule has 2 heteroatoms. The summed E-state index contributed by atoms with van der Waals surface area (Å²) in [6, 6.07) is 107. The maximum atomic E-state index is 2.45. The Balaban J connectivity index is 1.09. The van der Waals surface area contributed by atoms with Gasteiger partial charge in [0.2, 0.25) is 0 Å². The van der Waals surface area contributed by atoms with Crippen LogP contribution in [0.1, 0.15) is 0 Å². The summed E-state index contributed by atoms with van der Waals surface area (Å²) in [6.07, 6.45) is 0. The molecule has 0 bridgehead atoms. The van der Waals surface area contributed by atoms with Crippen molar-refractivity contribution in [3.8, 4) is 33.4 Å². The second kappa shape index (κ2) is 18.1. The molecule has 0 atom stereocenters. The maximum Gasteiger partial charge on any atom is 0.0540 e. The van der Waals surface area contributed by atoms with Crippen LogP contribution in [0.2, 0.25) is 0 Å². The van der Waals surface area contributed by atoms with E-state index in [2.05, 4.69) is 301 Å². The molecule has 0 aromatic heterocycles. The number of anilines is 6. The molecule has 0 saturated heterocycles. The lowest BCUT2D eigenvalue weighted by Crippen LogP contribution is -2.11. The van der Waals surface area contributed by atoms with Gasteiger partial charge >= 0.3 is 0 Å². The Hall–Kier alpha value is -9.76. The zero-order valence-electron chi connectivity index (χ0n) is 40.6. The van der Waals surface area contributed by atoms with Crippen molar-refractivity contribution in [2.75, 3.05) is 9.80 Å². The van der Waals surface area contributed by atoms with Crippen LogP contribution in [0.15, 0.2) is 291 Å². The van der Waals surface area contributed by atoms with Gasteiger partial charge in [-0.3, -0.25) is 0 Å².